The maximum absolute atomic E-state index is 11.8. The standard InChI is InChI=1S/C16H20IN7O/c1-24(14-12-4-8-19-13(12)21-10-22-14)11-2-5-16(17,6-3-11)23-15(25)20-9-7-18/h4,8,10-11H,2-3,5-6,9H2,1H3,(H,19,21,22)(H2,20,23,25)/t11-,16+. The molecule has 0 saturated heterocycles. The van der Waals surface area contributed by atoms with E-state index in [0.717, 1.165) is 42.5 Å². The lowest BCUT2D eigenvalue weighted by Gasteiger charge is -2.40. The Bertz CT molecular complexity index is 791. The van der Waals surface area contributed by atoms with Gasteiger partial charge in [-0.2, -0.15) is 5.26 Å². The fourth-order valence-corrected chi connectivity index (χ4v) is 4.12. The highest BCUT2D eigenvalue weighted by molar-refractivity contribution is 14.1. The zero-order chi connectivity index (χ0) is 17.9. The van der Waals surface area contributed by atoms with Gasteiger partial charge in [0.05, 0.1) is 15.0 Å². The average Bonchev–Trinajstić information content (AvgIpc) is 3.08. The van der Waals surface area contributed by atoms with E-state index in [1.54, 1.807) is 6.33 Å². The fourth-order valence-electron chi connectivity index (χ4n) is 3.25. The molecular weight excluding hydrogens is 433 g/mol. The Morgan fingerprint density at radius 2 is 2.28 bits per heavy atom. The van der Waals surface area contributed by atoms with Crippen LogP contribution in [0.5, 0.6) is 0 Å². The van der Waals surface area contributed by atoms with E-state index in [0.29, 0.717) is 6.04 Å². The van der Waals surface area contributed by atoms with Crippen LogP contribution in [0.15, 0.2) is 18.6 Å². The Hall–Kier alpha value is -2.09. The van der Waals surface area contributed by atoms with Gasteiger partial charge in [0.15, 0.2) is 0 Å². The van der Waals surface area contributed by atoms with Crippen molar-refractivity contribution in [2.45, 2.75) is 35.3 Å². The molecule has 3 N–H and O–H groups in total. The molecule has 2 aromatic heterocycles. The molecule has 25 heavy (non-hydrogen) atoms. The number of urea groups is 1. The van der Waals surface area contributed by atoms with Crippen molar-refractivity contribution in [3.63, 3.8) is 0 Å². The monoisotopic (exact) mass is 453 g/mol. The van der Waals surface area contributed by atoms with Gasteiger partial charge in [-0.3, -0.25) is 0 Å². The van der Waals surface area contributed by atoms with Crippen molar-refractivity contribution in [1.29, 1.82) is 5.26 Å². The van der Waals surface area contributed by atoms with Crippen LogP contribution in [0.4, 0.5) is 10.6 Å². The van der Waals surface area contributed by atoms with Crippen LogP contribution < -0.4 is 15.5 Å². The lowest BCUT2D eigenvalue weighted by atomic mass is 9.90. The minimum absolute atomic E-state index is 0.0181. The number of alkyl halides is 1. The van der Waals surface area contributed by atoms with Crippen LogP contribution >= 0.6 is 22.6 Å². The van der Waals surface area contributed by atoms with Gasteiger partial charge in [0.25, 0.3) is 0 Å². The maximum atomic E-state index is 11.8. The SMILES string of the molecule is CN(c1ncnc2[nH]ccc12)[C@H]1CC[C@@](I)(NC(=O)NCC#N)CC1. The van der Waals surface area contributed by atoms with Crippen molar-refractivity contribution in [2.24, 2.45) is 0 Å². The van der Waals surface area contributed by atoms with Crippen molar-refractivity contribution in [3.8, 4) is 6.07 Å². The first kappa shape index (κ1) is 17.7. The lowest BCUT2D eigenvalue weighted by Crippen LogP contribution is -2.52. The summed E-state index contributed by atoms with van der Waals surface area (Å²) in [5.41, 5.74) is 0.840. The summed E-state index contributed by atoms with van der Waals surface area (Å²) in [6.07, 6.45) is 7.09. The number of halogens is 1. The molecule has 0 spiro atoms. The van der Waals surface area contributed by atoms with Crippen LogP contribution in [-0.4, -0.2) is 44.2 Å². The summed E-state index contributed by atoms with van der Waals surface area (Å²) in [5, 5.41) is 15.1. The molecule has 0 atom stereocenters. The first-order chi connectivity index (χ1) is 12.0. The van der Waals surface area contributed by atoms with Crippen molar-refractivity contribution < 1.29 is 4.79 Å². The molecule has 0 radical (unpaired) electrons. The molecule has 132 valence electrons. The number of carbonyl (C=O) groups excluding carboxylic acids is 1. The molecular formula is C16H20IN7O. The number of nitrogens with zero attached hydrogens (tertiary/aromatic N) is 4. The molecule has 8 nitrogen and oxygen atoms in total. The number of carbonyl (C=O) groups is 1. The van der Waals surface area contributed by atoms with E-state index in [2.05, 4.69) is 60.1 Å². The Labute approximate surface area is 159 Å². The number of aromatic nitrogens is 3. The van der Waals surface area contributed by atoms with Crippen LogP contribution in [0.1, 0.15) is 25.7 Å². The normalized spacial score (nSPS) is 23.0. The van der Waals surface area contributed by atoms with E-state index in [4.69, 9.17) is 5.26 Å². The van der Waals surface area contributed by atoms with E-state index in [1.807, 2.05) is 18.3 Å². The van der Waals surface area contributed by atoms with Gasteiger partial charge in [0.2, 0.25) is 0 Å². The Kier molecular flexibility index (Phi) is 5.27. The van der Waals surface area contributed by atoms with Gasteiger partial charge in [-0.05, 0) is 31.7 Å². The second-order valence-electron chi connectivity index (χ2n) is 6.21. The first-order valence-corrected chi connectivity index (χ1v) is 9.23. The van der Waals surface area contributed by atoms with E-state index < -0.39 is 0 Å². The zero-order valence-corrected chi connectivity index (χ0v) is 16.1. The predicted octanol–water partition coefficient (Wildman–Crippen LogP) is 2.29. The first-order valence-electron chi connectivity index (χ1n) is 8.15. The maximum Gasteiger partial charge on any atom is 0.316 e. The summed E-state index contributed by atoms with van der Waals surface area (Å²) in [5.74, 6) is 0.928. The third-order valence-electron chi connectivity index (χ3n) is 4.63. The molecule has 1 fully saturated rings. The van der Waals surface area contributed by atoms with Crippen molar-refractivity contribution in [3.05, 3.63) is 18.6 Å². The second kappa shape index (κ2) is 7.43. The summed E-state index contributed by atoms with van der Waals surface area (Å²) in [6.45, 7) is 0.0181. The molecule has 2 aromatic rings. The summed E-state index contributed by atoms with van der Waals surface area (Å²) in [6, 6.07) is 3.98. The molecule has 3 rings (SSSR count). The lowest BCUT2D eigenvalue weighted by molar-refractivity contribution is 0.230. The van der Waals surface area contributed by atoms with Gasteiger partial charge in [0, 0.05) is 19.3 Å². The van der Waals surface area contributed by atoms with Crippen molar-refractivity contribution >= 4 is 45.5 Å². The molecule has 9 heteroatoms. The fraction of sp³-hybridized carbons (Fsp3) is 0.500. The van der Waals surface area contributed by atoms with Gasteiger partial charge < -0.3 is 20.5 Å². The van der Waals surface area contributed by atoms with Gasteiger partial charge in [-0.1, -0.05) is 22.6 Å². The summed E-state index contributed by atoms with van der Waals surface area (Å²) in [4.78, 5) is 25.8. The minimum Gasteiger partial charge on any atom is -0.356 e. The van der Waals surface area contributed by atoms with Gasteiger partial charge in [-0.25, -0.2) is 14.8 Å². The molecule has 2 amide bonds. The molecule has 1 saturated carbocycles. The number of hydrogen-bond donors (Lipinski definition) is 3. The number of anilines is 1. The quantitative estimate of drug-likeness (QED) is 0.285. The third kappa shape index (κ3) is 3.95. The van der Waals surface area contributed by atoms with E-state index in [1.165, 1.54) is 0 Å². The number of nitriles is 1. The molecule has 0 aliphatic heterocycles. The highest BCUT2D eigenvalue weighted by Gasteiger charge is 2.36. The number of fused-ring (bicyclic) bond motifs is 1. The van der Waals surface area contributed by atoms with Crippen LogP contribution in [0.2, 0.25) is 0 Å². The van der Waals surface area contributed by atoms with Crippen LogP contribution in [-0.2, 0) is 0 Å². The number of hydrogen-bond acceptors (Lipinski definition) is 5. The highest BCUT2D eigenvalue weighted by atomic mass is 127. The average molecular weight is 453 g/mol. The van der Waals surface area contributed by atoms with Crippen LogP contribution in [0.25, 0.3) is 11.0 Å². The molecule has 0 bridgehead atoms. The number of aromatic amines is 1. The molecule has 1 aliphatic carbocycles. The van der Waals surface area contributed by atoms with Crippen LogP contribution in [0, 0.1) is 11.3 Å². The number of rotatable bonds is 4. The van der Waals surface area contributed by atoms with Crippen molar-refractivity contribution in [1.82, 2.24) is 25.6 Å². The van der Waals surface area contributed by atoms with Crippen LogP contribution in [0.3, 0.4) is 0 Å². The zero-order valence-electron chi connectivity index (χ0n) is 13.9. The molecule has 2 heterocycles. The van der Waals surface area contributed by atoms with Crippen molar-refractivity contribution in [2.75, 3.05) is 18.5 Å². The topological polar surface area (TPSA) is 110 Å². The molecule has 0 aromatic carbocycles. The summed E-state index contributed by atoms with van der Waals surface area (Å²) >= 11 is 2.31. The van der Waals surface area contributed by atoms with E-state index in [-0.39, 0.29) is 16.1 Å². The minimum atomic E-state index is -0.285. The number of H-pyrrole nitrogens is 1. The smallest absolute Gasteiger partial charge is 0.316 e. The molecule has 1 aliphatic rings. The largest absolute Gasteiger partial charge is 0.356 e. The summed E-state index contributed by atoms with van der Waals surface area (Å²) < 4.78 is -0.274. The predicted molar refractivity (Wildman–Crippen MR) is 103 cm³/mol. The van der Waals surface area contributed by atoms with Gasteiger partial charge in [-0.15, -0.1) is 0 Å². The Morgan fingerprint density at radius 3 is 3.00 bits per heavy atom. The highest BCUT2D eigenvalue weighted by Crippen LogP contribution is 2.37. The molecule has 0 unspecified atom stereocenters. The van der Waals surface area contributed by atoms with Gasteiger partial charge in [0.1, 0.15) is 24.3 Å². The third-order valence-corrected chi connectivity index (χ3v) is 5.98. The number of nitrogens with one attached hydrogen (secondary N) is 3. The second-order valence-corrected chi connectivity index (χ2v) is 8.28. The Morgan fingerprint density at radius 1 is 1.52 bits per heavy atom. The Balaban J connectivity index is 1.63. The summed E-state index contributed by atoms with van der Waals surface area (Å²) in [7, 11) is 2.06. The number of amides is 2. The van der Waals surface area contributed by atoms with E-state index >= 15 is 0 Å². The van der Waals surface area contributed by atoms with E-state index in [9.17, 15) is 4.79 Å². The van der Waals surface area contributed by atoms with Gasteiger partial charge >= 0.3 is 6.03 Å².